The van der Waals surface area contributed by atoms with Crippen LogP contribution in [0.25, 0.3) is 11.2 Å². The summed E-state index contributed by atoms with van der Waals surface area (Å²) in [5.74, 6) is 5.69. The zero-order valence-electron chi connectivity index (χ0n) is 16.1. The molecule has 2 rings (SSSR count). The number of rotatable bonds is 6. The number of hydrogen-bond acceptors (Lipinski definition) is 5. The molecule has 1 unspecified atom stereocenters. The Morgan fingerprint density at radius 3 is 2.62 bits per heavy atom. The summed E-state index contributed by atoms with van der Waals surface area (Å²) in [5, 5.41) is 10.4. The Kier molecular flexibility index (Phi) is 6.05. The van der Waals surface area contributed by atoms with E-state index >= 15 is 0 Å². The van der Waals surface area contributed by atoms with Crippen molar-refractivity contribution in [3.63, 3.8) is 0 Å². The fourth-order valence-electron chi connectivity index (χ4n) is 2.71. The fourth-order valence-corrected chi connectivity index (χ4v) is 2.71. The topological polar surface area (TPSA) is 85.3 Å². The third-order valence-corrected chi connectivity index (χ3v) is 4.14. The van der Waals surface area contributed by atoms with E-state index in [2.05, 4.69) is 16.8 Å². The molecule has 26 heavy (non-hydrogen) atoms. The van der Waals surface area contributed by atoms with Crippen LogP contribution in [-0.2, 0) is 20.1 Å². The molecule has 0 aliphatic carbocycles. The maximum atomic E-state index is 12.8. The van der Waals surface area contributed by atoms with Crippen molar-refractivity contribution in [1.82, 2.24) is 23.6 Å². The summed E-state index contributed by atoms with van der Waals surface area (Å²) in [6.07, 6.45) is 2.61. The largest absolute Gasteiger partial charge is 0.378 e. The average molecular weight is 361 g/mol. The van der Waals surface area contributed by atoms with Gasteiger partial charge in [0.25, 0.3) is 5.56 Å². The predicted molar refractivity (Wildman–Crippen MR) is 101 cm³/mol. The van der Waals surface area contributed by atoms with Gasteiger partial charge in [-0.2, -0.15) is 0 Å². The maximum Gasteiger partial charge on any atom is 0.332 e. The molecule has 8 nitrogen and oxygen atoms in total. The summed E-state index contributed by atoms with van der Waals surface area (Å²) >= 11 is 0. The molecule has 0 saturated carbocycles. The molecule has 0 fully saturated rings. The Balaban J connectivity index is 2.37. The highest BCUT2D eigenvalue weighted by Gasteiger charge is 2.20. The fraction of sp³-hybridized carbons (Fsp3) is 0.611. The van der Waals surface area contributed by atoms with Crippen LogP contribution >= 0.6 is 0 Å². The van der Waals surface area contributed by atoms with E-state index in [1.807, 2.05) is 25.9 Å². The van der Waals surface area contributed by atoms with Crippen molar-refractivity contribution in [1.29, 1.82) is 0 Å². The van der Waals surface area contributed by atoms with Gasteiger partial charge in [0.15, 0.2) is 11.2 Å². The number of fused-ring (bicyclic) bond motifs is 1. The monoisotopic (exact) mass is 361 g/mol. The second-order valence-corrected chi connectivity index (χ2v) is 6.97. The predicted octanol–water partition coefficient (Wildman–Crippen LogP) is 0.0128. The van der Waals surface area contributed by atoms with Crippen LogP contribution < -0.4 is 11.2 Å². The molecule has 2 aromatic rings. The minimum absolute atomic E-state index is 0.0857. The molecule has 1 atom stereocenters. The zero-order valence-corrected chi connectivity index (χ0v) is 16.1. The lowest BCUT2D eigenvalue weighted by Crippen LogP contribution is -2.41. The van der Waals surface area contributed by atoms with E-state index in [-0.39, 0.29) is 18.5 Å². The third-order valence-electron chi connectivity index (χ3n) is 4.14. The normalized spacial score (nSPS) is 13.7. The summed E-state index contributed by atoms with van der Waals surface area (Å²) in [6.45, 7) is 4.86. The number of aliphatic hydroxyl groups is 1. The van der Waals surface area contributed by atoms with Gasteiger partial charge >= 0.3 is 5.69 Å². The third kappa shape index (κ3) is 4.23. The maximum absolute atomic E-state index is 12.8. The Hall–Kier alpha value is -2.37. The molecule has 2 heterocycles. The van der Waals surface area contributed by atoms with Gasteiger partial charge in [-0.05, 0) is 27.4 Å². The molecule has 0 spiro atoms. The number of hydrogen-bond donors (Lipinski definition) is 1. The van der Waals surface area contributed by atoms with Gasteiger partial charge in [0.05, 0.1) is 12.9 Å². The van der Waals surface area contributed by atoms with Crippen molar-refractivity contribution in [3.05, 3.63) is 27.2 Å². The second kappa shape index (κ2) is 7.89. The molecule has 2 aromatic heterocycles. The first-order valence-electron chi connectivity index (χ1n) is 8.69. The van der Waals surface area contributed by atoms with Crippen LogP contribution in [0, 0.1) is 11.8 Å². The van der Waals surface area contributed by atoms with Crippen LogP contribution in [0.5, 0.6) is 0 Å². The molecule has 8 heteroatoms. The van der Waals surface area contributed by atoms with Gasteiger partial charge < -0.3 is 9.67 Å². The molecule has 0 aliphatic heterocycles. The molecule has 142 valence electrons. The summed E-state index contributed by atoms with van der Waals surface area (Å²) < 4.78 is 4.29. The van der Waals surface area contributed by atoms with Crippen molar-refractivity contribution in [2.24, 2.45) is 7.05 Å². The summed E-state index contributed by atoms with van der Waals surface area (Å²) in [5.41, 5.74) is -1.32. The minimum atomic E-state index is -1.28. The molecule has 1 N–H and O–H groups in total. The Labute approximate surface area is 152 Å². The van der Waals surface area contributed by atoms with Gasteiger partial charge in [-0.15, -0.1) is 0 Å². The lowest BCUT2D eigenvalue weighted by atomic mass is 10.0. The molecule has 0 aliphatic rings. The zero-order chi connectivity index (χ0) is 19.5. The lowest BCUT2D eigenvalue weighted by Gasteiger charge is -2.17. The van der Waals surface area contributed by atoms with Crippen molar-refractivity contribution < 1.29 is 5.11 Å². The van der Waals surface area contributed by atoms with Crippen molar-refractivity contribution in [2.45, 2.75) is 45.4 Å². The lowest BCUT2D eigenvalue weighted by molar-refractivity contribution is 0.106. The van der Waals surface area contributed by atoms with E-state index in [9.17, 15) is 14.7 Å². The SMILES string of the molecule is CCCn1cnc2c1c(=O)n(CCC(C)(O)C#CCN(C)C)c(=O)n2C. The summed E-state index contributed by atoms with van der Waals surface area (Å²) in [4.78, 5) is 31.5. The van der Waals surface area contributed by atoms with E-state index in [0.717, 1.165) is 11.0 Å². The van der Waals surface area contributed by atoms with Crippen LogP contribution in [0.15, 0.2) is 15.9 Å². The van der Waals surface area contributed by atoms with Gasteiger partial charge in [0, 0.05) is 26.6 Å². The quantitative estimate of drug-likeness (QED) is 0.733. The summed E-state index contributed by atoms with van der Waals surface area (Å²) in [6, 6.07) is 0. The number of nitrogens with zero attached hydrogens (tertiary/aromatic N) is 5. The van der Waals surface area contributed by atoms with Crippen LogP contribution in [0.4, 0.5) is 0 Å². The van der Waals surface area contributed by atoms with Crippen molar-refractivity contribution >= 4 is 11.2 Å². The van der Waals surface area contributed by atoms with Gasteiger partial charge in [-0.1, -0.05) is 18.8 Å². The van der Waals surface area contributed by atoms with E-state index in [4.69, 9.17) is 0 Å². The molecule has 0 radical (unpaired) electrons. The van der Waals surface area contributed by atoms with Gasteiger partial charge in [-0.25, -0.2) is 9.78 Å². The van der Waals surface area contributed by atoms with E-state index in [1.54, 1.807) is 24.9 Å². The highest BCUT2D eigenvalue weighted by atomic mass is 16.3. The number of aryl methyl sites for hydroxylation is 2. The molecular formula is C18H27N5O3. The number of aromatic nitrogens is 4. The van der Waals surface area contributed by atoms with E-state index in [0.29, 0.717) is 24.3 Å². The van der Waals surface area contributed by atoms with Crippen molar-refractivity contribution in [3.8, 4) is 11.8 Å². The summed E-state index contributed by atoms with van der Waals surface area (Å²) in [7, 11) is 5.38. The van der Waals surface area contributed by atoms with E-state index in [1.165, 1.54) is 4.57 Å². The Morgan fingerprint density at radius 2 is 2.00 bits per heavy atom. The highest BCUT2D eigenvalue weighted by Crippen LogP contribution is 2.10. The standard InChI is InChI=1S/C18H27N5O3/c1-6-10-22-13-19-15-14(22)16(24)23(17(25)21(15)5)12-9-18(2,26)8-7-11-20(3)4/h13,26H,6,9-12H2,1-5H3. The van der Waals surface area contributed by atoms with Crippen LogP contribution in [-0.4, -0.2) is 54.9 Å². The Morgan fingerprint density at radius 1 is 1.31 bits per heavy atom. The van der Waals surface area contributed by atoms with Crippen LogP contribution in [0.1, 0.15) is 26.7 Å². The minimum Gasteiger partial charge on any atom is -0.378 e. The first-order chi connectivity index (χ1) is 12.2. The number of imidazole rings is 1. The molecule has 0 amide bonds. The molecule has 0 bridgehead atoms. The van der Waals surface area contributed by atoms with Crippen LogP contribution in [0.3, 0.4) is 0 Å². The smallest absolute Gasteiger partial charge is 0.332 e. The molecule has 0 aromatic carbocycles. The van der Waals surface area contributed by atoms with Gasteiger partial charge in [0.2, 0.25) is 0 Å². The molecule has 0 saturated heterocycles. The second-order valence-electron chi connectivity index (χ2n) is 6.97. The highest BCUT2D eigenvalue weighted by molar-refractivity contribution is 5.69. The first-order valence-corrected chi connectivity index (χ1v) is 8.69. The molecular weight excluding hydrogens is 334 g/mol. The van der Waals surface area contributed by atoms with Gasteiger partial charge in [0.1, 0.15) is 5.60 Å². The van der Waals surface area contributed by atoms with Crippen molar-refractivity contribution in [2.75, 3.05) is 20.6 Å². The van der Waals surface area contributed by atoms with Gasteiger partial charge in [-0.3, -0.25) is 18.8 Å². The van der Waals surface area contributed by atoms with Crippen LogP contribution in [0.2, 0.25) is 0 Å². The average Bonchev–Trinajstić information content (AvgIpc) is 2.96. The first kappa shape index (κ1) is 19.9. The Bertz CT molecular complexity index is 953. The van der Waals surface area contributed by atoms with E-state index < -0.39 is 11.3 Å².